The third kappa shape index (κ3) is 7.18. The summed E-state index contributed by atoms with van der Waals surface area (Å²) < 4.78 is 10.5. The van der Waals surface area contributed by atoms with Crippen LogP contribution in [0.1, 0.15) is 40.5 Å². The number of ether oxygens (including phenoxy) is 2. The van der Waals surface area contributed by atoms with E-state index in [-0.39, 0.29) is 18.0 Å². The average molecular weight is 329 g/mol. The number of amides is 2. The second-order valence-corrected chi connectivity index (χ2v) is 6.83. The number of rotatable bonds is 7. The van der Waals surface area contributed by atoms with Crippen molar-refractivity contribution in [1.29, 1.82) is 0 Å². The minimum absolute atomic E-state index is 0.0570. The lowest BCUT2D eigenvalue weighted by atomic mass is 10.1. The first kappa shape index (κ1) is 19.7. The summed E-state index contributed by atoms with van der Waals surface area (Å²) >= 11 is 0. The van der Waals surface area contributed by atoms with Crippen LogP contribution in [0, 0.1) is 0 Å². The number of carbonyl (C=O) groups excluding carboxylic acids is 2. The number of carbonyl (C=O) groups is 2. The molecule has 1 rings (SSSR count). The lowest BCUT2D eigenvalue weighted by molar-refractivity contribution is -0.129. The highest BCUT2D eigenvalue weighted by atomic mass is 16.6. The monoisotopic (exact) mass is 329 g/mol. The Kier molecular flexibility index (Phi) is 7.78. The summed E-state index contributed by atoms with van der Waals surface area (Å²) in [6, 6.07) is -0.265. The van der Waals surface area contributed by atoms with Gasteiger partial charge in [0.1, 0.15) is 5.60 Å². The van der Waals surface area contributed by atoms with Crippen LogP contribution in [-0.2, 0) is 14.3 Å². The van der Waals surface area contributed by atoms with E-state index in [0.717, 1.165) is 13.0 Å². The Bertz CT molecular complexity index is 395. The summed E-state index contributed by atoms with van der Waals surface area (Å²) in [6.45, 7) is 10.1. The highest BCUT2D eigenvalue weighted by molar-refractivity contribution is 5.82. The zero-order chi connectivity index (χ0) is 17.5. The molecule has 2 atom stereocenters. The molecular formula is C16H31N3O4. The maximum atomic E-state index is 12.0. The summed E-state index contributed by atoms with van der Waals surface area (Å²) in [5.41, 5.74) is -0.535. The molecule has 1 fully saturated rings. The molecule has 2 amide bonds. The number of hydrogen-bond donors (Lipinski definition) is 2. The molecule has 1 saturated heterocycles. The minimum atomic E-state index is -0.535. The maximum absolute atomic E-state index is 12.0. The molecule has 2 N–H and O–H groups in total. The van der Waals surface area contributed by atoms with Gasteiger partial charge in [-0.05, 0) is 33.6 Å². The maximum Gasteiger partial charge on any atom is 0.407 e. The van der Waals surface area contributed by atoms with Crippen LogP contribution in [0.25, 0.3) is 0 Å². The highest BCUT2D eigenvalue weighted by Gasteiger charge is 2.30. The minimum Gasteiger partial charge on any atom is -0.444 e. The third-order valence-corrected chi connectivity index (χ3v) is 3.67. The molecule has 23 heavy (non-hydrogen) atoms. The molecule has 0 spiro atoms. The lowest BCUT2D eigenvalue weighted by Crippen LogP contribution is -2.58. The molecule has 7 heteroatoms. The van der Waals surface area contributed by atoms with E-state index >= 15 is 0 Å². The Morgan fingerprint density at radius 1 is 1.48 bits per heavy atom. The molecule has 0 bridgehead atoms. The van der Waals surface area contributed by atoms with Crippen LogP contribution < -0.4 is 10.6 Å². The zero-order valence-electron chi connectivity index (χ0n) is 15.0. The van der Waals surface area contributed by atoms with Crippen molar-refractivity contribution in [3.8, 4) is 0 Å². The Morgan fingerprint density at radius 2 is 2.17 bits per heavy atom. The van der Waals surface area contributed by atoms with E-state index in [1.165, 1.54) is 0 Å². The van der Waals surface area contributed by atoms with Crippen LogP contribution in [0.5, 0.6) is 0 Å². The second-order valence-electron chi connectivity index (χ2n) is 6.83. The largest absolute Gasteiger partial charge is 0.444 e. The molecule has 134 valence electrons. The predicted octanol–water partition coefficient (Wildman–Crippen LogP) is 1.13. The van der Waals surface area contributed by atoms with Crippen LogP contribution >= 0.6 is 0 Å². The van der Waals surface area contributed by atoms with Crippen molar-refractivity contribution in [1.82, 2.24) is 15.5 Å². The first-order chi connectivity index (χ1) is 10.8. The predicted molar refractivity (Wildman–Crippen MR) is 88.3 cm³/mol. The average Bonchev–Trinajstić information content (AvgIpc) is 2.43. The van der Waals surface area contributed by atoms with Gasteiger partial charge in [0.2, 0.25) is 5.91 Å². The molecule has 7 nitrogen and oxygen atoms in total. The number of nitrogens with one attached hydrogen (secondary N) is 2. The summed E-state index contributed by atoms with van der Waals surface area (Å²) in [5.74, 6) is 0.0570. The number of nitrogens with zero attached hydrogens (tertiary/aromatic N) is 1. The molecule has 0 aromatic rings. The smallest absolute Gasteiger partial charge is 0.407 e. The Labute approximate surface area is 139 Å². The Morgan fingerprint density at radius 3 is 2.74 bits per heavy atom. The van der Waals surface area contributed by atoms with Gasteiger partial charge in [0.15, 0.2) is 0 Å². The number of piperazine rings is 1. The van der Waals surface area contributed by atoms with E-state index in [4.69, 9.17) is 9.47 Å². The van der Waals surface area contributed by atoms with Crippen molar-refractivity contribution in [3.63, 3.8) is 0 Å². The normalized spacial score (nSPS) is 20.7. The standard InChI is InChI=1S/C16H31N3O4/c1-6-13-14(20)17-8-9-19(13)11-12(7-10-22-5)18-15(21)23-16(2,3)4/h12-13H,6-11H2,1-5H3,(H,17,20)(H,18,21)/t12-,13-/m1/s1. The number of methoxy groups -OCH3 is 1. The zero-order valence-corrected chi connectivity index (χ0v) is 15.0. The van der Waals surface area contributed by atoms with Crippen LogP contribution in [0.2, 0.25) is 0 Å². The number of hydrogen-bond acceptors (Lipinski definition) is 5. The van der Waals surface area contributed by atoms with E-state index in [1.807, 2.05) is 27.7 Å². The van der Waals surface area contributed by atoms with Crippen LogP contribution in [-0.4, -0.2) is 67.9 Å². The van der Waals surface area contributed by atoms with Gasteiger partial charge >= 0.3 is 6.09 Å². The molecular weight excluding hydrogens is 298 g/mol. The van der Waals surface area contributed by atoms with Crippen molar-refractivity contribution in [3.05, 3.63) is 0 Å². The summed E-state index contributed by atoms with van der Waals surface area (Å²) in [4.78, 5) is 26.1. The van der Waals surface area contributed by atoms with Crippen LogP contribution in [0.3, 0.4) is 0 Å². The molecule has 0 saturated carbocycles. The van der Waals surface area contributed by atoms with Gasteiger partial charge in [-0.2, -0.15) is 0 Å². The van der Waals surface area contributed by atoms with Crippen LogP contribution in [0.4, 0.5) is 4.79 Å². The molecule has 0 aliphatic carbocycles. The van der Waals surface area contributed by atoms with Gasteiger partial charge in [0.05, 0.1) is 6.04 Å². The molecule has 0 unspecified atom stereocenters. The van der Waals surface area contributed by atoms with E-state index in [0.29, 0.717) is 26.1 Å². The van der Waals surface area contributed by atoms with Gasteiger partial charge in [-0.25, -0.2) is 4.79 Å². The van der Waals surface area contributed by atoms with Crippen LogP contribution in [0.15, 0.2) is 0 Å². The van der Waals surface area contributed by atoms with E-state index in [2.05, 4.69) is 15.5 Å². The topological polar surface area (TPSA) is 79.9 Å². The van der Waals surface area contributed by atoms with Gasteiger partial charge in [-0.3, -0.25) is 9.69 Å². The molecule has 0 aromatic heterocycles. The highest BCUT2D eigenvalue weighted by Crippen LogP contribution is 2.12. The van der Waals surface area contributed by atoms with Gasteiger partial charge in [-0.1, -0.05) is 6.92 Å². The number of alkyl carbamates (subject to hydrolysis) is 1. The molecule has 1 aliphatic heterocycles. The van der Waals surface area contributed by atoms with Gasteiger partial charge in [0.25, 0.3) is 0 Å². The van der Waals surface area contributed by atoms with Crippen molar-refractivity contribution >= 4 is 12.0 Å². The lowest BCUT2D eigenvalue weighted by Gasteiger charge is -2.37. The first-order valence-corrected chi connectivity index (χ1v) is 8.27. The second kappa shape index (κ2) is 9.08. The summed E-state index contributed by atoms with van der Waals surface area (Å²) in [7, 11) is 1.63. The quantitative estimate of drug-likeness (QED) is 0.732. The van der Waals surface area contributed by atoms with Crippen molar-refractivity contribution in [2.75, 3.05) is 33.4 Å². The molecule has 0 radical (unpaired) electrons. The molecule has 0 aromatic carbocycles. The third-order valence-electron chi connectivity index (χ3n) is 3.67. The Balaban J connectivity index is 2.65. The van der Waals surface area contributed by atoms with E-state index in [9.17, 15) is 9.59 Å². The fraction of sp³-hybridized carbons (Fsp3) is 0.875. The SMILES string of the molecule is CC[C@@H]1C(=O)NCCN1C[C@@H](CCOC)NC(=O)OC(C)(C)C. The fourth-order valence-corrected chi connectivity index (χ4v) is 2.65. The molecule has 1 heterocycles. The van der Waals surface area contributed by atoms with Crippen molar-refractivity contribution < 1.29 is 19.1 Å². The van der Waals surface area contributed by atoms with E-state index < -0.39 is 11.7 Å². The first-order valence-electron chi connectivity index (χ1n) is 8.27. The summed E-state index contributed by atoms with van der Waals surface area (Å²) in [6.07, 6.45) is 0.979. The van der Waals surface area contributed by atoms with Crippen molar-refractivity contribution in [2.45, 2.75) is 58.2 Å². The fourth-order valence-electron chi connectivity index (χ4n) is 2.65. The Hall–Kier alpha value is -1.34. The summed E-state index contributed by atoms with van der Waals surface area (Å²) in [5, 5.41) is 5.78. The molecule has 1 aliphatic rings. The van der Waals surface area contributed by atoms with Gasteiger partial charge in [-0.15, -0.1) is 0 Å². The van der Waals surface area contributed by atoms with Gasteiger partial charge < -0.3 is 20.1 Å². The van der Waals surface area contributed by atoms with Crippen molar-refractivity contribution in [2.24, 2.45) is 0 Å². The van der Waals surface area contributed by atoms with E-state index in [1.54, 1.807) is 7.11 Å². The van der Waals surface area contributed by atoms with Gasteiger partial charge in [0, 0.05) is 39.4 Å².